The number of carbonyl (C=O) groups excluding carboxylic acids is 2. The Morgan fingerprint density at radius 3 is 2.78 bits per heavy atom. The molecule has 3 rings (SSSR count). The fourth-order valence-corrected chi connectivity index (χ4v) is 4.18. The summed E-state index contributed by atoms with van der Waals surface area (Å²) in [7, 11) is 1.59. The molecule has 0 spiro atoms. The molecule has 2 amide bonds. The van der Waals surface area contributed by atoms with E-state index < -0.39 is 0 Å². The van der Waals surface area contributed by atoms with E-state index in [2.05, 4.69) is 10.6 Å². The van der Waals surface area contributed by atoms with Crippen LogP contribution in [0.5, 0.6) is 5.75 Å². The van der Waals surface area contributed by atoms with Gasteiger partial charge in [0.2, 0.25) is 5.91 Å². The van der Waals surface area contributed by atoms with E-state index in [1.807, 2.05) is 49.0 Å². The molecule has 2 aromatic carbocycles. The molecular weight excluding hydrogens is 360 g/mol. The van der Waals surface area contributed by atoms with Crippen LogP contribution in [0.2, 0.25) is 0 Å². The number of nitrogens with one attached hydrogen (secondary N) is 2. The topological polar surface area (TPSA) is 67.4 Å². The van der Waals surface area contributed by atoms with Crippen LogP contribution >= 0.6 is 11.8 Å². The lowest BCUT2D eigenvalue weighted by Gasteiger charge is -2.14. The predicted octanol–water partition coefficient (Wildman–Crippen LogP) is 3.42. The van der Waals surface area contributed by atoms with Crippen LogP contribution in [0.15, 0.2) is 42.5 Å². The molecule has 0 saturated carbocycles. The molecule has 6 heteroatoms. The number of aryl methyl sites for hydroxylation is 1. The van der Waals surface area contributed by atoms with Crippen molar-refractivity contribution in [3.8, 4) is 5.75 Å². The van der Waals surface area contributed by atoms with Crippen molar-refractivity contribution in [1.82, 2.24) is 5.32 Å². The van der Waals surface area contributed by atoms with Crippen LogP contribution in [0.3, 0.4) is 0 Å². The summed E-state index contributed by atoms with van der Waals surface area (Å²) in [4.78, 5) is 25.0. The van der Waals surface area contributed by atoms with Crippen LogP contribution in [-0.4, -0.2) is 36.5 Å². The first-order valence-electron chi connectivity index (χ1n) is 8.98. The Kier molecular flexibility index (Phi) is 6.40. The minimum atomic E-state index is -0.146. The fourth-order valence-electron chi connectivity index (χ4n) is 3.03. The summed E-state index contributed by atoms with van der Waals surface area (Å²) in [6.07, 6.45) is 1.21. The number of methoxy groups -OCH3 is 1. The van der Waals surface area contributed by atoms with E-state index >= 15 is 0 Å². The van der Waals surface area contributed by atoms with Gasteiger partial charge < -0.3 is 15.4 Å². The predicted molar refractivity (Wildman–Crippen MR) is 110 cm³/mol. The summed E-state index contributed by atoms with van der Waals surface area (Å²) in [5.74, 6) is 2.49. The number of para-hydroxylation sites is 1. The summed E-state index contributed by atoms with van der Waals surface area (Å²) < 4.78 is 5.30. The molecule has 1 saturated heterocycles. The minimum absolute atomic E-state index is 0.0947. The number of rotatable bonds is 6. The van der Waals surface area contributed by atoms with Gasteiger partial charge in [-0.15, -0.1) is 0 Å². The monoisotopic (exact) mass is 384 g/mol. The Labute approximate surface area is 163 Å². The Balaban J connectivity index is 1.68. The molecule has 0 aromatic heterocycles. The third-order valence-electron chi connectivity index (χ3n) is 4.58. The van der Waals surface area contributed by atoms with Gasteiger partial charge in [-0.3, -0.25) is 9.59 Å². The van der Waals surface area contributed by atoms with Crippen LogP contribution < -0.4 is 15.4 Å². The first-order valence-corrected chi connectivity index (χ1v) is 10.1. The summed E-state index contributed by atoms with van der Waals surface area (Å²) in [6.45, 7) is 1.91. The van der Waals surface area contributed by atoms with Gasteiger partial charge >= 0.3 is 0 Å². The van der Waals surface area contributed by atoms with Crippen molar-refractivity contribution < 1.29 is 14.3 Å². The maximum absolute atomic E-state index is 12.5. The third-order valence-corrected chi connectivity index (χ3v) is 5.74. The van der Waals surface area contributed by atoms with Gasteiger partial charge in [-0.1, -0.05) is 24.3 Å². The molecule has 5 nitrogen and oxygen atoms in total. The maximum atomic E-state index is 12.5. The fraction of sp³-hybridized carbons (Fsp3) is 0.333. The molecule has 1 unspecified atom stereocenters. The normalized spacial score (nSPS) is 16.0. The Morgan fingerprint density at radius 2 is 2.04 bits per heavy atom. The largest absolute Gasteiger partial charge is 0.496 e. The second-order valence-corrected chi connectivity index (χ2v) is 7.75. The van der Waals surface area contributed by atoms with Crippen LogP contribution in [0.4, 0.5) is 5.69 Å². The van der Waals surface area contributed by atoms with Gasteiger partial charge in [0.15, 0.2) is 0 Å². The number of carbonyl (C=O) groups is 2. The Morgan fingerprint density at radius 1 is 1.22 bits per heavy atom. The second-order valence-electron chi connectivity index (χ2n) is 6.60. The van der Waals surface area contributed by atoms with Crippen molar-refractivity contribution in [1.29, 1.82) is 0 Å². The lowest BCUT2D eigenvalue weighted by molar-refractivity contribution is -0.115. The van der Waals surface area contributed by atoms with Crippen LogP contribution in [0.25, 0.3) is 0 Å². The number of ether oxygens (including phenoxy) is 1. The molecule has 0 aliphatic carbocycles. The molecule has 1 aliphatic rings. The number of benzene rings is 2. The standard InChI is InChI=1S/C21H24N2O3S/c1-14-7-8-16(21(25)22-17-9-10-27-13-17)11-18(14)23-20(24)12-15-5-3-4-6-19(15)26-2/h3-8,11,17H,9-10,12-13H2,1-2H3,(H,22,25)(H,23,24). The summed E-state index contributed by atoms with van der Waals surface area (Å²) in [5.41, 5.74) is 2.95. The highest BCUT2D eigenvalue weighted by atomic mass is 32.2. The van der Waals surface area contributed by atoms with E-state index in [1.165, 1.54) is 0 Å². The first kappa shape index (κ1) is 19.3. The van der Waals surface area contributed by atoms with Crippen molar-refractivity contribution in [2.45, 2.75) is 25.8 Å². The molecule has 2 aromatic rings. The third kappa shape index (κ3) is 5.04. The van der Waals surface area contributed by atoms with E-state index in [0.29, 0.717) is 17.0 Å². The van der Waals surface area contributed by atoms with Gasteiger partial charge in [0.1, 0.15) is 5.75 Å². The van der Waals surface area contributed by atoms with E-state index in [9.17, 15) is 9.59 Å². The molecule has 0 radical (unpaired) electrons. The van der Waals surface area contributed by atoms with Gasteiger partial charge in [-0.2, -0.15) is 11.8 Å². The maximum Gasteiger partial charge on any atom is 0.251 e. The minimum Gasteiger partial charge on any atom is -0.496 e. The average molecular weight is 385 g/mol. The molecule has 1 fully saturated rings. The summed E-state index contributed by atoms with van der Waals surface area (Å²) in [5, 5.41) is 5.98. The molecular formula is C21H24N2O3S. The second kappa shape index (κ2) is 8.95. The number of thioether (sulfide) groups is 1. The average Bonchev–Trinajstić information content (AvgIpc) is 3.17. The number of amides is 2. The molecule has 0 bridgehead atoms. The molecule has 1 heterocycles. The molecule has 2 N–H and O–H groups in total. The van der Waals surface area contributed by atoms with Gasteiger partial charge in [0.25, 0.3) is 5.91 Å². The highest BCUT2D eigenvalue weighted by Crippen LogP contribution is 2.22. The van der Waals surface area contributed by atoms with Crippen LogP contribution in [0, 0.1) is 6.92 Å². The van der Waals surface area contributed by atoms with Gasteiger partial charge in [0.05, 0.1) is 13.5 Å². The number of anilines is 1. The molecule has 1 aliphatic heterocycles. The van der Waals surface area contributed by atoms with Crippen LogP contribution in [0.1, 0.15) is 27.9 Å². The summed E-state index contributed by atoms with van der Waals surface area (Å²) >= 11 is 1.86. The molecule has 142 valence electrons. The lowest BCUT2D eigenvalue weighted by Crippen LogP contribution is -2.34. The van der Waals surface area contributed by atoms with E-state index in [4.69, 9.17) is 4.74 Å². The van der Waals surface area contributed by atoms with E-state index in [-0.39, 0.29) is 24.3 Å². The summed E-state index contributed by atoms with van der Waals surface area (Å²) in [6, 6.07) is 13.1. The first-order chi connectivity index (χ1) is 13.1. The zero-order chi connectivity index (χ0) is 19.2. The van der Waals surface area contributed by atoms with Gasteiger partial charge in [0, 0.05) is 28.6 Å². The molecule has 27 heavy (non-hydrogen) atoms. The Bertz CT molecular complexity index is 832. The van der Waals surface area contributed by atoms with Crippen molar-refractivity contribution in [2.75, 3.05) is 23.9 Å². The lowest BCUT2D eigenvalue weighted by atomic mass is 10.1. The van der Waals surface area contributed by atoms with Gasteiger partial charge in [-0.05, 0) is 42.9 Å². The van der Waals surface area contributed by atoms with E-state index in [1.54, 1.807) is 19.2 Å². The zero-order valence-electron chi connectivity index (χ0n) is 15.6. The number of hydrogen-bond donors (Lipinski definition) is 2. The van der Waals surface area contributed by atoms with E-state index in [0.717, 1.165) is 29.1 Å². The van der Waals surface area contributed by atoms with Gasteiger partial charge in [-0.25, -0.2) is 0 Å². The Hall–Kier alpha value is -2.47. The number of hydrogen-bond acceptors (Lipinski definition) is 4. The van der Waals surface area contributed by atoms with Crippen molar-refractivity contribution >= 4 is 29.3 Å². The van der Waals surface area contributed by atoms with Crippen LogP contribution in [-0.2, 0) is 11.2 Å². The van der Waals surface area contributed by atoms with Crippen molar-refractivity contribution in [2.24, 2.45) is 0 Å². The van der Waals surface area contributed by atoms with Crippen molar-refractivity contribution in [3.05, 3.63) is 59.2 Å². The highest BCUT2D eigenvalue weighted by Gasteiger charge is 2.19. The smallest absolute Gasteiger partial charge is 0.251 e. The highest BCUT2D eigenvalue weighted by molar-refractivity contribution is 7.99. The zero-order valence-corrected chi connectivity index (χ0v) is 16.4. The SMILES string of the molecule is COc1ccccc1CC(=O)Nc1cc(C(=O)NC2CCSC2)ccc1C. The van der Waals surface area contributed by atoms with Crippen molar-refractivity contribution in [3.63, 3.8) is 0 Å². The quantitative estimate of drug-likeness (QED) is 0.801. The molecule has 1 atom stereocenters.